The quantitative estimate of drug-likeness (QED) is 0.831. The molecule has 93 valence electrons. The summed E-state index contributed by atoms with van der Waals surface area (Å²) in [4.78, 5) is 16.3. The molecular formula is C15H17N2O. The van der Waals surface area contributed by atoms with E-state index in [1.54, 1.807) is 0 Å². The summed E-state index contributed by atoms with van der Waals surface area (Å²) in [6.45, 7) is 9.50. The Morgan fingerprint density at radius 2 is 1.94 bits per heavy atom. The standard InChI is InChI=1S/C15H17N2O/c1-10-13(17-14(18)15(2,3)4)9-11-7-5-6-8-12(11)16-10/h5-9H,1H2,2-4H3,(H,17,18). The minimum Gasteiger partial charge on any atom is -0.324 e. The average Bonchev–Trinajstić information content (AvgIpc) is 2.28. The van der Waals surface area contributed by atoms with Gasteiger partial charge in [0.25, 0.3) is 0 Å². The smallest absolute Gasteiger partial charge is 0.229 e. The summed E-state index contributed by atoms with van der Waals surface area (Å²) in [6.07, 6.45) is 0. The highest BCUT2D eigenvalue weighted by atomic mass is 16.2. The summed E-state index contributed by atoms with van der Waals surface area (Å²) >= 11 is 0. The molecule has 2 aromatic rings. The number of nitrogens with one attached hydrogen (secondary N) is 1. The Morgan fingerprint density at radius 1 is 1.28 bits per heavy atom. The van der Waals surface area contributed by atoms with Gasteiger partial charge in [-0.05, 0) is 19.1 Å². The average molecular weight is 241 g/mol. The largest absolute Gasteiger partial charge is 0.324 e. The lowest BCUT2D eigenvalue weighted by molar-refractivity contribution is -0.123. The van der Waals surface area contributed by atoms with E-state index < -0.39 is 5.41 Å². The van der Waals surface area contributed by atoms with Gasteiger partial charge in [0.05, 0.1) is 16.9 Å². The van der Waals surface area contributed by atoms with Crippen LogP contribution in [0.5, 0.6) is 0 Å². The number of hydrogen-bond acceptors (Lipinski definition) is 2. The van der Waals surface area contributed by atoms with Crippen LogP contribution in [-0.2, 0) is 4.79 Å². The summed E-state index contributed by atoms with van der Waals surface area (Å²) in [5.41, 5.74) is 1.72. The van der Waals surface area contributed by atoms with Crippen molar-refractivity contribution in [2.24, 2.45) is 5.41 Å². The second-order valence-electron chi connectivity index (χ2n) is 5.38. The first-order chi connectivity index (χ1) is 8.38. The van der Waals surface area contributed by atoms with Gasteiger partial charge < -0.3 is 5.32 Å². The van der Waals surface area contributed by atoms with Crippen LogP contribution in [-0.4, -0.2) is 10.9 Å². The van der Waals surface area contributed by atoms with E-state index in [1.807, 2.05) is 51.1 Å². The monoisotopic (exact) mass is 241 g/mol. The number of carbonyl (C=O) groups excluding carboxylic acids is 1. The molecule has 1 radical (unpaired) electrons. The Kier molecular flexibility index (Phi) is 3.07. The maximum atomic E-state index is 12.0. The minimum absolute atomic E-state index is 0.0375. The van der Waals surface area contributed by atoms with Crippen molar-refractivity contribution in [3.8, 4) is 0 Å². The molecule has 0 aliphatic rings. The first-order valence-corrected chi connectivity index (χ1v) is 5.91. The van der Waals surface area contributed by atoms with E-state index in [-0.39, 0.29) is 5.91 Å². The number of carbonyl (C=O) groups is 1. The Balaban J connectivity index is 2.40. The fourth-order valence-corrected chi connectivity index (χ4v) is 1.57. The molecule has 0 bridgehead atoms. The molecule has 3 nitrogen and oxygen atoms in total. The second-order valence-corrected chi connectivity index (χ2v) is 5.38. The van der Waals surface area contributed by atoms with Crippen molar-refractivity contribution in [1.82, 2.24) is 4.98 Å². The van der Waals surface area contributed by atoms with E-state index in [0.717, 1.165) is 10.9 Å². The lowest BCUT2D eigenvalue weighted by Crippen LogP contribution is -2.28. The van der Waals surface area contributed by atoms with E-state index in [0.29, 0.717) is 11.4 Å². The van der Waals surface area contributed by atoms with Gasteiger partial charge >= 0.3 is 0 Å². The van der Waals surface area contributed by atoms with Crippen molar-refractivity contribution in [3.05, 3.63) is 42.9 Å². The Morgan fingerprint density at radius 3 is 2.61 bits per heavy atom. The maximum Gasteiger partial charge on any atom is 0.229 e. The fourth-order valence-electron chi connectivity index (χ4n) is 1.57. The van der Waals surface area contributed by atoms with Crippen molar-refractivity contribution in [1.29, 1.82) is 0 Å². The van der Waals surface area contributed by atoms with Crippen molar-refractivity contribution in [2.75, 3.05) is 5.32 Å². The van der Waals surface area contributed by atoms with Crippen LogP contribution in [0.4, 0.5) is 5.69 Å². The van der Waals surface area contributed by atoms with E-state index >= 15 is 0 Å². The van der Waals surface area contributed by atoms with E-state index in [4.69, 9.17) is 0 Å². The van der Waals surface area contributed by atoms with Gasteiger partial charge in [0, 0.05) is 10.8 Å². The number of fused-ring (bicyclic) bond motifs is 1. The van der Waals surface area contributed by atoms with Crippen LogP contribution >= 0.6 is 0 Å². The number of hydrogen-bond donors (Lipinski definition) is 1. The van der Waals surface area contributed by atoms with Gasteiger partial charge in [-0.25, -0.2) is 0 Å². The molecule has 18 heavy (non-hydrogen) atoms. The summed E-state index contributed by atoms with van der Waals surface area (Å²) in [5.74, 6) is -0.0375. The van der Waals surface area contributed by atoms with E-state index in [9.17, 15) is 4.79 Å². The molecule has 1 aromatic heterocycles. The fraction of sp³-hybridized carbons (Fsp3) is 0.267. The Hall–Kier alpha value is -1.90. The molecule has 0 aliphatic heterocycles. The van der Waals surface area contributed by atoms with Crippen LogP contribution in [0.2, 0.25) is 0 Å². The van der Waals surface area contributed by atoms with Crippen LogP contribution in [0.25, 0.3) is 10.9 Å². The lowest BCUT2D eigenvalue weighted by atomic mass is 9.95. The lowest BCUT2D eigenvalue weighted by Gasteiger charge is -2.18. The van der Waals surface area contributed by atoms with Crippen LogP contribution in [0.1, 0.15) is 26.5 Å². The summed E-state index contributed by atoms with van der Waals surface area (Å²) in [7, 11) is 0. The molecule has 0 spiro atoms. The molecule has 0 saturated heterocycles. The Bertz CT molecular complexity index is 597. The highest BCUT2D eigenvalue weighted by molar-refractivity contribution is 5.97. The third-order valence-corrected chi connectivity index (χ3v) is 2.73. The summed E-state index contributed by atoms with van der Waals surface area (Å²) in [5, 5.41) is 3.87. The molecule has 0 unspecified atom stereocenters. The highest BCUT2D eigenvalue weighted by Gasteiger charge is 2.21. The first kappa shape index (κ1) is 12.6. The zero-order valence-electron chi connectivity index (χ0n) is 10.9. The van der Waals surface area contributed by atoms with E-state index in [2.05, 4.69) is 17.2 Å². The predicted molar refractivity (Wildman–Crippen MR) is 74.3 cm³/mol. The number of para-hydroxylation sites is 1. The van der Waals surface area contributed by atoms with Gasteiger partial charge in [-0.1, -0.05) is 39.0 Å². The number of nitrogens with zero attached hydrogens (tertiary/aromatic N) is 1. The van der Waals surface area contributed by atoms with Gasteiger partial charge in [-0.2, -0.15) is 0 Å². The van der Waals surface area contributed by atoms with Crippen LogP contribution in [0, 0.1) is 12.3 Å². The molecular weight excluding hydrogens is 224 g/mol. The van der Waals surface area contributed by atoms with Gasteiger partial charge in [0.1, 0.15) is 0 Å². The molecule has 0 atom stereocenters. The SMILES string of the molecule is [CH2]c1nc2ccccc2cc1NC(=O)C(C)(C)C. The van der Waals surface area contributed by atoms with E-state index in [1.165, 1.54) is 0 Å². The molecule has 1 heterocycles. The zero-order chi connectivity index (χ0) is 13.3. The highest BCUT2D eigenvalue weighted by Crippen LogP contribution is 2.23. The van der Waals surface area contributed by atoms with Crippen molar-refractivity contribution >= 4 is 22.5 Å². The van der Waals surface area contributed by atoms with Crippen LogP contribution < -0.4 is 5.32 Å². The number of aromatic nitrogens is 1. The normalized spacial score (nSPS) is 11.6. The van der Waals surface area contributed by atoms with Gasteiger partial charge in [0.2, 0.25) is 5.91 Å². The van der Waals surface area contributed by atoms with Crippen molar-refractivity contribution in [2.45, 2.75) is 20.8 Å². The molecule has 0 aliphatic carbocycles. The number of rotatable bonds is 1. The number of anilines is 1. The first-order valence-electron chi connectivity index (χ1n) is 5.91. The molecule has 0 fully saturated rings. The molecule has 0 saturated carbocycles. The second kappa shape index (κ2) is 4.41. The van der Waals surface area contributed by atoms with Crippen molar-refractivity contribution < 1.29 is 4.79 Å². The molecule has 1 N–H and O–H groups in total. The summed E-state index contributed by atoms with van der Waals surface area (Å²) < 4.78 is 0. The molecule has 3 heteroatoms. The number of amides is 1. The summed E-state index contributed by atoms with van der Waals surface area (Å²) in [6, 6.07) is 9.69. The predicted octanol–water partition coefficient (Wildman–Crippen LogP) is 3.40. The zero-order valence-corrected chi connectivity index (χ0v) is 10.9. The number of benzene rings is 1. The molecule has 2 rings (SSSR count). The minimum atomic E-state index is -0.432. The topological polar surface area (TPSA) is 42.0 Å². The Labute approximate surface area is 107 Å². The maximum absolute atomic E-state index is 12.0. The molecule has 1 amide bonds. The van der Waals surface area contributed by atoms with Crippen LogP contribution in [0.15, 0.2) is 30.3 Å². The third-order valence-electron chi connectivity index (χ3n) is 2.73. The van der Waals surface area contributed by atoms with Gasteiger partial charge in [-0.15, -0.1) is 0 Å². The number of pyridine rings is 1. The third kappa shape index (κ3) is 2.50. The van der Waals surface area contributed by atoms with Gasteiger partial charge in [-0.3, -0.25) is 9.78 Å². The molecule has 1 aromatic carbocycles. The van der Waals surface area contributed by atoms with Gasteiger partial charge in [0.15, 0.2) is 0 Å². The van der Waals surface area contributed by atoms with Crippen LogP contribution in [0.3, 0.4) is 0 Å². The van der Waals surface area contributed by atoms with Crippen molar-refractivity contribution in [3.63, 3.8) is 0 Å².